The number of carbonyl (C=O) groups excluding carboxylic acids is 1. The standard InChI is InChI=1S/C18H11BrO3/c19-12-4-3-10-1-2-11(15(10)8-12)7-17-18(21)14-6-5-13(20)9-16(14)22-17/h2-9,20H,1H2/b17-7-. The van der Waals surface area contributed by atoms with Crippen molar-refractivity contribution in [2.45, 2.75) is 6.42 Å². The average molecular weight is 355 g/mol. The third kappa shape index (κ3) is 2.07. The number of hydrogen-bond acceptors (Lipinski definition) is 3. The number of aromatic hydroxyl groups is 1. The number of phenolic OH excluding ortho intramolecular Hbond substituents is 1. The summed E-state index contributed by atoms with van der Waals surface area (Å²) in [6.07, 6.45) is 4.71. The number of Topliss-reactive ketones (excluding diaryl/α,β-unsaturated/α-hetero) is 1. The molecule has 1 heterocycles. The molecular formula is C18H11BrO3. The molecule has 3 nitrogen and oxygen atoms in total. The van der Waals surface area contributed by atoms with Gasteiger partial charge in [-0.05, 0) is 53.5 Å². The van der Waals surface area contributed by atoms with E-state index < -0.39 is 0 Å². The van der Waals surface area contributed by atoms with Gasteiger partial charge >= 0.3 is 0 Å². The predicted octanol–water partition coefficient (Wildman–Crippen LogP) is 4.25. The van der Waals surface area contributed by atoms with Gasteiger partial charge in [0.15, 0.2) is 5.76 Å². The van der Waals surface area contributed by atoms with Gasteiger partial charge in [-0.2, -0.15) is 0 Å². The zero-order valence-corrected chi connectivity index (χ0v) is 13.1. The highest BCUT2D eigenvalue weighted by Crippen LogP contribution is 2.37. The van der Waals surface area contributed by atoms with Crippen LogP contribution < -0.4 is 4.74 Å². The van der Waals surface area contributed by atoms with Crippen molar-refractivity contribution in [3.63, 3.8) is 0 Å². The zero-order chi connectivity index (χ0) is 15.3. The second kappa shape index (κ2) is 4.85. The topological polar surface area (TPSA) is 46.5 Å². The predicted molar refractivity (Wildman–Crippen MR) is 87.0 cm³/mol. The Balaban J connectivity index is 1.72. The van der Waals surface area contributed by atoms with Gasteiger partial charge in [-0.1, -0.05) is 28.1 Å². The fourth-order valence-corrected chi connectivity index (χ4v) is 3.14. The number of ketones is 1. The number of benzene rings is 2. The van der Waals surface area contributed by atoms with Crippen molar-refractivity contribution in [2.75, 3.05) is 0 Å². The second-order valence-electron chi connectivity index (χ2n) is 5.29. The first kappa shape index (κ1) is 13.3. The first-order chi connectivity index (χ1) is 10.6. The van der Waals surface area contributed by atoms with Gasteiger partial charge < -0.3 is 9.84 Å². The molecule has 0 bridgehead atoms. The summed E-state index contributed by atoms with van der Waals surface area (Å²) in [6.45, 7) is 0. The van der Waals surface area contributed by atoms with Gasteiger partial charge in [-0.15, -0.1) is 0 Å². The number of rotatable bonds is 1. The van der Waals surface area contributed by atoms with Crippen molar-refractivity contribution in [1.29, 1.82) is 0 Å². The van der Waals surface area contributed by atoms with Crippen molar-refractivity contribution < 1.29 is 14.6 Å². The molecule has 0 amide bonds. The Bertz CT molecular complexity index is 878. The molecule has 2 aromatic carbocycles. The van der Waals surface area contributed by atoms with Crippen LogP contribution in [0.4, 0.5) is 0 Å². The normalized spacial score (nSPS) is 17.2. The quantitative estimate of drug-likeness (QED) is 0.778. The molecule has 0 saturated heterocycles. The molecule has 1 N–H and O–H groups in total. The fourth-order valence-electron chi connectivity index (χ4n) is 2.78. The maximum atomic E-state index is 12.4. The lowest BCUT2D eigenvalue weighted by atomic mass is 10.0. The molecule has 2 aliphatic rings. The number of fused-ring (bicyclic) bond motifs is 2. The van der Waals surface area contributed by atoms with Crippen molar-refractivity contribution in [3.05, 3.63) is 75.5 Å². The Kier molecular flexibility index (Phi) is 2.94. The number of ether oxygens (including phenoxy) is 1. The highest BCUT2D eigenvalue weighted by Gasteiger charge is 2.28. The van der Waals surface area contributed by atoms with Crippen LogP contribution in [0.25, 0.3) is 5.57 Å². The molecule has 0 atom stereocenters. The summed E-state index contributed by atoms with van der Waals surface area (Å²) in [6, 6.07) is 10.7. The minimum Gasteiger partial charge on any atom is -0.508 e. The summed E-state index contributed by atoms with van der Waals surface area (Å²) in [5.74, 6) is 0.630. The molecule has 1 aliphatic carbocycles. The number of carbonyl (C=O) groups is 1. The summed E-state index contributed by atoms with van der Waals surface area (Å²) in [7, 11) is 0. The van der Waals surface area contributed by atoms with E-state index in [1.165, 1.54) is 17.7 Å². The van der Waals surface area contributed by atoms with Crippen LogP contribution in [0.3, 0.4) is 0 Å². The summed E-state index contributed by atoms with van der Waals surface area (Å²) in [4.78, 5) is 12.4. The van der Waals surface area contributed by atoms with E-state index in [1.807, 2.05) is 12.1 Å². The molecule has 4 heteroatoms. The first-order valence-corrected chi connectivity index (χ1v) is 7.67. The van der Waals surface area contributed by atoms with Crippen LogP contribution >= 0.6 is 15.9 Å². The van der Waals surface area contributed by atoms with Gasteiger partial charge in [0.25, 0.3) is 0 Å². The number of phenols is 1. The lowest BCUT2D eigenvalue weighted by molar-refractivity contribution is 0.101. The first-order valence-electron chi connectivity index (χ1n) is 6.88. The Morgan fingerprint density at radius 3 is 2.86 bits per heavy atom. The smallest absolute Gasteiger partial charge is 0.231 e. The molecule has 0 radical (unpaired) electrons. The van der Waals surface area contributed by atoms with E-state index in [1.54, 1.807) is 12.1 Å². The van der Waals surface area contributed by atoms with Gasteiger partial charge in [-0.25, -0.2) is 0 Å². The van der Waals surface area contributed by atoms with Crippen LogP contribution in [-0.4, -0.2) is 10.9 Å². The van der Waals surface area contributed by atoms with Gasteiger partial charge in [0.2, 0.25) is 5.78 Å². The molecule has 4 rings (SSSR count). The van der Waals surface area contributed by atoms with Crippen LogP contribution in [0, 0.1) is 0 Å². The van der Waals surface area contributed by atoms with Crippen molar-refractivity contribution in [3.8, 4) is 11.5 Å². The highest BCUT2D eigenvalue weighted by atomic mass is 79.9. The molecule has 2 aromatic rings. The van der Waals surface area contributed by atoms with Crippen LogP contribution in [0.1, 0.15) is 21.5 Å². The number of allylic oxidation sites excluding steroid dienone is 4. The SMILES string of the molecule is O=C1/C(=C/C2=CCc3ccc(Br)cc32)Oc2cc(O)ccc21. The summed E-state index contributed by atoms with van der Waals surface area (Å²) in [5, 5.41) is 9.49. The van der Waals surface area contributed by atoms with E-state index >= 15 is 0 Å². The lowest BCUT2D eigenvalue weighted by Gasteiger charge is -2.04. The number of halogens is 1. The zero-order valence-electron chi connectivity index (χ0n) is 11.5. The van der Waals surface area contributed by atoms with E-state index in [9.17, 15) is 9.90 Å². The van der Waals surface area contributed by atoms with Crippen LogP contribution in [0.5, 0.6) is 11.5 Å². The third-order valence-corrected chi connectivity index (χ3v) is 4.36. The maximum absolute atomic E-state index is 12.4. The molecule has 0 aromatic heterocycles. The minimum absolute atomic E-state index is 0.0853. The summed E-state index contributed by atoms with van der Waals surface area (Å²) < 4.78 is 6.61. The molecule has 22 heavy (non-hydrogen) atoms. The van der Waals surface area contributed by atoms with E-state index in [0.717, 1.165) is 22.0 Å². The maximum Gasteiger partial charge on any atom is 0.231 e. The molecule has 0 fully saturated rings. The third-order valence-electron chi connectivity index (χ3n) is 3.86. The Hall–Kier alpha value is -2.33. The van der Waals surface area contributed by atoms with Crippen molar-refractivity contribution in [2.24, 2.45) is 0 Å². The lowest BCUT2D eigenvalue weighted by Crippen LogP contribution is -1.98. The van der Waals surface area contributed by atoms with E-state index in [2.05, 4.69) is 28.1 Å². The minimum atomic E-state index is -0.153. The summed E-state index contributed by atoms with van der Waals surface area (Å²) >= 11 is 3.47. The Morgan fingerprint density at radius 2 is 2.00 bits per heavy atom. The molecule has 0 unspecified atom stereocenters. The summed E-state index contributed by atoms with van der Waals surface area (Å²) in [5.41, 5.74) is 3.81. The number of hydrogen-bond donors (Lipinski definition) is 1. The van der Waals surface area contributed by atoms with E-state index in [-0.39, 0.29) is 11.5 Å². The highest BCUT2D eigenvalue weighted by molar-refractivity contribution is 9.10. The van der Waals surface area contributed by atoms with E-state index in [0.29, 0.717) is 17.1 Å². The van der Waals surface area contributed by atoms with Crippen molar-refractivity contribution in [1.82, 2.24) is 0 Å². The van der Waals surface area contributed by atoms with Gasteiger partial charge in [0.05, 0.1) is 5.56 Å². The van der Waals surface area contributed by atoms with Gasteiger partial charge in [0.1, 0.15) is 11.5 Å². The molecular weight excluding hydrogens is 344 g/mol. The van der Waals surface area contributed by atoms with Gasteiger partial charge in [0, 0.05) is 10.5 Å². The second-order valence-corrected chi connectivity index (χ2v) is 6.20. The average Bonchev–Trinajstić information content (AvgIpc) is 3.01. The fraction of sp³-hybridized carbons (Fsp3) is 0.0556. The van der Waals surface area contributed by atoms with E-state index in [4.69, 9.17) is 4.74 Å². The Morgan fingerprint density at radius 1 is 1.14 bits per heavy atom. The molecule has 1 aliphatic heterocycles. The van der Waals surface area contributed by atoms with Crippen LogP contribution in [0.15, 0.2) is 58.8 Å². The molecule has 108 valence electrons. The van der Waals surface area contributed by atoms with Gasteiger partial charge in [-0.3, -0.25) is 4.79 Å². The van der Waals surface area contributed by atoms with Crippen molar-refractivity contribution >= 4 is 27.3 Å². The molecule has 0 saturated carbocycles. The molecule has 0 spiro atoms. The largest absolute Gasteiger partial charge is 0.508 e. The van der Waals surface area contributed by atoms with Crippen LogP contribution in [-0.2, 0) is 6.42 Å². The van der Waals surface area contributed by atoms with Crippen LogP contribution in [0.2, 0.25) is 0 Å². The Labute approximate surface area is 135 Å². The monoisotopic (exact) mass is 354 g/mol.